The zero-order valence-electron chi connectivity index (χ0n) is 15.4. The SMILES string of the molecule is COc1ccc(CN2CCN(C(=O)c3cc(SC)ccc3Cl)CC2)cc1F. The molecule has 144 valence electrons. The minimum Gasteiger partial charge on any atom is -0.494 e. The fraction of sp³-hybridized carbons (Fsp3) is 0.350. The second kappa shape index (κ2) is 8.95. The van der Waals surface area contributed by atoms with Crippen LogP contribution in [0.1, 0.15) is 15.9 Å². The molecule has 27 heavy (non-hydrogen) atoms. The smallest absolute Gasteiger partial charge is 0.255 e. The van der Waals surface area contributed by atoms with Crippen molar-refractivity contribution in [3.05, 3.63) is 58.4 Å². The summed E-state index contributed by atoms with van der Waals surface area (Å²) >= 11 is 7.81. The predicted molar refractivity (Wildman–Crippen MR) is 107 cm³/mol. The predicted octanol–water partition coefficient (Wildman–Crippen LogP) is 4.17. The first-order chi connectivity index (χ1) is 13.0. The van der Waals surface area contributed by atoms with Crippen LogP contribution in [-0.4, -0.2) is 55.3 Å². The van der Waals surface area contributed by atoms with E-state index in [4.69, 9.17) is 16.3 Å². The first kappa shape index (κ1) is 20.0. The van der Waals surface area contributed by atoms with Crippen LogP contribution in [-0.2, 0) is 6.54 Å². The first-order valence-corrected chi connectivity index (χ1v) is 10.3. The van der Waals surface area contributed by atoms with Gasteiger partial charge in [0.1, 0.15) is 0 Å². The number of thioether (sulfide) groups is 1. The molecule has 0 aliphatic carbocycles. The summed E-state index contributed by atoms with van der Waals surface area (Å²) in [6.45, 7) is 3.36. The molecule has 7 heteroatoms. The first-order valence-electron chi connectivity index (χ1n) is 8.69. The van der Waals surface area contributed by atoms with E-state index >= 15 is 0 Å². The molecule has 0 aromatic heterocycles. The maximum atomic E-state index is 13.8. The van der Waals surface area contributed by atoms with Crippen molar-refractivity contribution in [1.29, 1.82) is 0 Å². The van der Waals surface area contributed by atoms with E-state index in [0.29, 0.717) is 30.2 Å². The van der Waals surface area contributed by atoms with Crippen LogP contribution in [0.15, 0.2) is 41.3 Å². The molecule has 0 atom stereocenters. The Labute approximate surface area is 168 Å². The van der Waals surface area contributed by atoms with Gasteiger partial charge in [-0.05, 0) is 42.2 Å². The fourth-order valence-corrected chi connectivity index (χ4v) is 3.78. The molecule has 0 saturated carbocycles. The fourth-order valence-electron chi connectivity index (χ4n) is 3.14. The van der Waals surface area contributed by atoms with Gasteiger partial charge in [0, 0.05) is 37.6 Å². The largest absolute Gasteiger partial charge is 0.494 e. The van der Waals surface area contributed by atoms with Crippen LogP contribution in [0.25, 0.3) is 0 Å². The lowest BCUT2D eigenvalue weighted by Crippen LogP contribution is -2.48. The van der Waals surface area contributed by atoms with Gasteiger partial charge in [-0.2, -0.15) is 0 Å². The van der Waals surface area contributed by atoms with Gasteiger partial charge in [-0.3, -0.25) is 9.69 Å². The second-order valence-electron chi connectivity index (χ2n) is 6.38. The highest BCUT2D eigenvalue weighted by atomic mass is 35.5. The third kappa shape index (κ3) is 4.75. The Morgan fingerprint density at radius 2 is 1.93 bits per heavy atom. The van der Waals surface area contributed by atoms with Crippen molar-refractivity contribution in [3.8, 4) is 5.75 Å². The lowest BCUT2D eigenvalue weighted by atomic mass is 10.1. The van der Waals surface area contributed by atoms with E-state index in [1.807, 2.05) is 29.4 Å². The number of carbonyl (C=O) groups excluding carboxylic acids is 1. The minimum absolute atomic E-state index is 0.0361. The summed E-state index contributed by atoms with van der Waals surface area (Å²) in [7, 11) is 1.45. The Bertz CT molecular complexity index is 826. The van der Waals surface area contributed by atoms with Crippen LogP contribution in [0.4, 0.5) is 4.39 Å². The number of halogens is 2. The van der Waals surface area contributed by atoms with Gasteiger partial charge in [0.2, 0.25) is 0 Å². The van der Waals surface area contributed by atoms with Crippen molar-refractivity contribution in [2.45, 2.75) is 11.4 Å². The van der Waals surface area contributed by atoms with Crippen LogP contribution >= 0.6 is 23.4 Å². The van der Waals surface area contributed by atoms with Crippen LogP contribution < -0.4 is 4.74 Å². The maximum absolute atomic E-state index is 13.8. The monoisotopic (exact) mass is 408 g/mol. The molecular weight excluding hydrogens is 387 g/mol. The highest BCUT2D eigenvalue weighted by molar-refractivity contribution is 7.98. The van der Waals surface area contributed by atoms with Crippen LogP contribution in [0.3, 0.4) is 0 Å². The third-order valence-corrected chi connectivity index (χ3v) is 5.74. The van der Waals surface area contributed by atoms with Crippen LogP contribution in [0.2, 0.25) is 5.02 Å². The quantitative estimate of drug-likeness (QED) is 0.695. The molecule has 2 aromatic rings. The Balaban J connectivity index is 1.60. The van der Waals surface area contributed by atoms with Gasteiger partial charge in [0.25, 0.3) is 5.91 Å². The van der Waals surface area contributed by atoms with Crippen molar-refractivity contribution in [1.82, 2.24) is 9.80 Å². The van der Waals surface area contributed by atoms with E-state index in [1.165, 1.54) is 13.2 Å². The molecule has 0 unspecified atom stereocenters. The number of amides is 1. The molecule has 0 N–H and O–H groups in total. The molecule has 1 saturated heterocycles. The van der Waals surface area contributed by atoms with E-state index in [2.05, 4.69) is 4.90 Å². The molecule has 1 aliphatic rings. The minimum atomic E-state index is -0.355. The van der Waals surface area contributed by atoms with Gasteiger partial charge in [0.15, 0.2) is 11.6 Å². The highest BCUT2D eigenvalue weighted by Gasteiger charge is 2.24. The van der Waals surface area contributed by atoms with E-state index in [1.54, 1.807) is 23.9 Å². The van der Waals surface area contributed by atoms with Gasteiger partial charge in [-0.15, -0.1) is 11.8 Å². The molecule has 1 heterocycles. The lowest BCUT2D eigenvalue weighted by Gasteiger charge is -2.35. The Hall–Kier alpha value is -1.76. The molecule has 1 amide bonds. The third-order valence-electron chi connectivity index (χ3n) is 4.69. The molecule has 4 nitrogen and oxygen atoms in total. The topological polar surface area (TPSA) is 32.8 Å². The van der Waals surface area contributed by atoms with E-state index in [-0.39, 0.29) is 17.5 Å². The average molecular weight is 409 g/mol. The number of hydrogen-bond donors (Lipinski definition) is 0. The number of ether oxygens (including phenoxy) is 1. The zero-order chi connectivity index (χ0) is 19.4. The second-order valence-corrected chi connectivity index (χ2v) is 7.67. The van der Waals surface area contributed by atoms with E-state index in [9.17, 15) is 9.18 Å². The number of nitrogens with zero attached hydrogens (tertiary/aromatic N) is 2. The molecule has 1 aliphatic heterocycles. The summed E-state index contributed by atoms with van der Waals surface area (Å²) in [5.74, 6) is -0.142. The summed E-state index contributed by atoms with van der Waals surface area (Å²) in [6, 6.07) is 10.6. The van der Waals surface area contributed by atoms with Crippen LogP contribution in [0, 0.1) is 5.82 Å². The number of rotatable bonds is 5. The molecule has 0 spiro atoms. The summed E-state index contributed by atoms with van der Waals surface area (Å²) in [6.07, 6.45) is 1.97. The van der Waals surface area contributed by atoms with E-state index in [0.717, 1.165) is 23.5 Å². The number of hydrogen-bond acceptors (Lipinski definition) is 4. The van der Waals surface area contributed by atoms with E-state index < -0.39 is 0 Å². The highest BCUT2D eigenvalue weighted by Crippen LogP contribution is 2.25. The number of piperazine rings is 1. The van der Waals surface area contributed by atoms with Crippen LogP contribution in [0.5, 0.6) is 5.75 Å². The summed E-state index contributed by atoms with van der Waals surface area (Å²) in [5.41, 5.74) is 1.44. The molecule has 0 bridgehead atoms. The van der Waals surface area contributed by atoms with Crippen molar-refractivity contribution in [2.75, 3.05) is 39.5 Å². The Morgan fingerprint density at radius 3 is 2.56 bits per heavy atom. The molecule has 3 rings (SSSR count). The Kier molecular flexibility index (Phi) is 6.63. The lowest BCUT2D eigenvalue weighted by molar-refractivity contribution is 0.0628. The zero-order valence-corrected chi connectivity index (χ0v) is 16.9. The summed E-state index contributed by atoms with van der Waals surface area (Å²) in [4.78, 5) is 17.9. The standard InChI is InChI=1S/C20H22ClFN2O2S/c1-26-19-6-3-14(11-18(19)22)13-23-7-9-24(10-8-23)20(25)16-12-15(27-2)4-5-17(16)21/h3-6,11-12H,7-10,13H2,1-2H3. The number of benzene rings is 2. The Morgan fingerprint density at radius 1 is 1.19 bits per heavy atom. The molecule has 1 fully saturated rings. The summed E-state index contributed by atoms with van der Waals surface area (Å²) in [5, 5.41) is 0.480. The van der Waals surface area contributed by atoms with Gasteiger partial charge in [0.05, 0.1) is 17.7 Å². The number of methoxy groups -OCH3 is 1. The molecular formula is C20H22ClFN2O2S. The van der Waals surface area contributed by atoms with Crippen molar-refractivity contribution in [2.24, 2.45) is 0 Å². The molecule has 2 aromatic carbocycles. The van der Waals surface area contributed by atoms with Gasteiger partial charge < -0.3 is 9.64 Å². The van der Waals surface area contributed by atoms with Gasteiger partial charge in [-0.1, -0.05) is 17.7 Å². The van der Waals surface area contributed by atoms with Gasteiger partial charge >= 0.3 is 0 Å². The van der Waals surface area contributed by atoms with Gasteiger partial charge in [-0.25, -0.2) is 4.39 Å². The number of carbonyl (C=O) groups is 1. The molecule has 0 radical (unpaired) electrons. The average Bonchev–Trinajstić information content (AvgIpc) is 2.68. The maximum Gasteiger partial charge on any atom is 0.255 e. The van der Waals surface area contributed by atoms with Crippen molar-refractivity contribution >= 4 is 29.3 Å². The van der Waals surface area contributed by atoms with Crippen molar-refractivity contribution < 1.29 is 13.9 Å². The normalized spacial score (nSPS) is 15.0. The van der Waals surface area contributed by atoms with Crippen molar-refractivity contribution in [3.63, 3.8) is 0 Å². The summed E-state index contributed by atoms with van der Waals surface area (Å²) < 4.78 is 18.8.